The Morgan fingerprint density at radius 2 is 0.981 bits per heavy atom. The SMILES string of the molecule is C=CCOC(=O)OC[C@H]1O[C@@H](OC[C@H]2O[C@H](C(=O)OCC=C)[C@H](NC(=O)CC(=O)CCCCCCCCCCC)[C@@H](OCCCCCCCCCCCC)[C@@H]2O)[C@H](NC=O)[C@@H](OCC[C@@H](CCCCCCCCCCC)OCCCCCC/C=C\CCCCCC)[C@@H]1OP(=O)(OCC=C)OCC=C. The lowest BCUT2D eigenvalue weighted by Crippen LogP contribution is -2.68. The van der Waals surface area contributed by atoms with Gasteiger partial charge in [0.15, 0.2) is 12.4 Å². The van der Waals surface area contributed by atoms with Crippen molar-refractivity contribution in [1.82, 2.24) is 10.6 Å². The molecule has 11 atom stereocenters. The highest BCUT2D eigenvalue weighted by Gasteiger charge is 2.54. The van der Waals surface area contributed by atoms with E-state index in [1.807, 2.05) is 0 Å². The Kier molecular flexibility index (Phi) is 59.9. The van der Waals surface area contributed by atoms with E-state index in [4.69, 9.17) is 56.2 Å². The van der Waals surface area contributed by atoms with Crippen LogP contribution in [0.5, 0.6) is 0 Å². The predicted octanol–water partition coefficient (Wildman–Crippen LogP) is 18.2. The molecule has 2 aliphatic heterocycles. The number of hydrogen-bond acceptors (Lipinski definition) is 19. The van der Waals surface area contributed by atoms with Gasteiger partial charge in [-0.1, -0.05) is 276 Å². The van der Waals surface area contributed by atoms with Gasteiger partial charge in [-0.3, -0.25) is 28.0 Å². The van der Waals surface area contributed by atoms with Gasteiger partial charge in [-0.25, -0.2) is 14.2 Å². The quantitative estimate of drug-likeness (QED) is 0.0128. The number of carbonyl (C=O) groups excluding carboxylic acids is 5. The molecule has 2 rings (SSSR count). The number of ketones is 1. The van der Waals surface area contributed by atoms with Crippen molar-refractivity contribution >= 4 is 38.0 Å². The first-order valence-electron chi connectivity index (χ1n) is 40.4. The molecular formula is C81H143N2O19P. The summed E-state index contributed by atoms with van der Waals surface area (Å²) in [7, 11) is -4.63. The highest BCUT2D eigenvalue weighted by atomic mass is 31.2. The number of phosphoric ester groups is 1. The lowest BCUT2D eigenvalue weighted by atomic mass is 9.91. The summed E-state index contributed by atoms with van der Waals surface area (Å²) in [5.74, 6) is -1.85. The normalized spacial score (nSPS) is 20.8. The summed E-state index contributed by atoms with van der Waals surface area (Å²) >= 11 is 0. The largest absolute Gasteiger partial charge is 0.508 e. The van der Waals surface area contributed by atoms with Gasteiger partial charge >= 0.3 is 19.9 Å². The lowest BCUT2D eigenvalue weighted by Gasteiger charge is -2.47. The lowest BCUT2D eigenvalue weighted by molar-refractivity contribution is -0.289. The van der Waals surface area contributed by atoms with Crippen LogP contribution in [0.2, 0.25) is 0 Å². The molecule has 0 saturated carbocycles. The summed E-state index contributed by atoms with van der Waals surface area (Å²) in [4.78, 5) is 67.8. The molecular weight excluding hydrogens is 1340 g/mol. The third-order valence-electron chi connectivity index (χ3n) is 18.7. The van der Waals surface area contributed by atoms with Crippen LogP contribution in [0.3, 0.4) is 0 Å². The van der Waals surface area contributed by atoms with Gasteiger partial charge in [-0.05, 0) is 57.8 Å². The minimum Gasteiger partial charge on any atom is -0.459 e. The van der Waals surface area contributed by atoms with Crippen molar-refractivity contribution in [3.8, 4) is 0 Å². The fraction of sp³-hybridized carbons (Fsp3) is 0.815. The molecule has 21 nitrogen and oxygen atoms in total. The van der Waals surface area contributed by atoms with E-state index >= 15 is 0 Å². The zero-order chi connectivity index (χ0) is 75.1. The number of hydrogen-bond donors (Lipinski definition) is 3. The predicted molar refractivity (Wildman–Crippen MR) is 408 cm³/mol. The van der Waals surface area contributed by atoms with Crippen LogP contribution in [-0.2, 0) is 79.9 Å². The number of carbonyl (C=O) groups is 5. The van der Waals surface area contributed by atoms with Crippen molar-refractivity contribution < 1.29 is 89.8 Å². The van der Waals surface area contributed by atoms with E-state index in [1.165, 1.54) is 146 Å². The monoisotopic (exact) mass is 1480 g/mol. The van der Waals surface area contributed by atoms with Crippen LogP contribution in [0, 0.1) is 0 Å². The van der Waals surface area contributed by atoms with Crippen LogP contribution in [-0.4, -0.2) is 162 Å². The molecule has 596 valence electrons. The van der Waals surface area contributed by atoms with Gasteiger partial charge in [-0.2, -0.15) is 0 Å². The molecule has 103 heavy (non-hydrogen) atoms. The molecule has 2 amide bonds. The topological polar surface area (TPSA) is 257 Å². The van der Waals surface area contributed by atoms with Crippen LogP contribution >= 0.6 is 7.82 Å². The van der Waals surface area contributed by atoms with Gasteiger partial charge in [0.05, 0.1) is 38.4 Å². The number of amides is 2. The van der Waals surface area contributed by atoms with E-state index in [0.29, 0.717) is 32.3 Å². The maximum atomic E-state index is 14.8. The van der Waals surface area contributed by atoms with Crippen molar-refractivity contribution in [2.24, 2.45) is 0 Å². The van der Waals surface area contributed by atoms with Crippen molar-refractivity contribution in [2.75, 3.05) is 59.5 Å². The smallest absolute Gasteiger partial charge is 0.459 e. The molecule has 22 heteroatoms. The standard InChI is InChI=1S/C81H143N2O19P/c1-9-17-21-25-29-33-35-36-40-43-47-51-60-91-68(54-50-46-42-38-32-28-24-20-12-4)55-62-93-77-73(82-66-84)80(101-70(65-97-81(89)95-57-14-6)75(77)102-103(90,98-58-15-7)99-59-16-8)96-64-69-74(87)76(92-61-52-48-44-39-34-30-26-22-18-10-2)72(78(100-69)79(88)94-56-13-5)83-71(86)63-67(85)53-49-45-41-37-31-27-23-19-11-3/h13-16,33,35,66,68-70,72-78,80,87H,5-12,17-32,34,36-65H2,1-4H3,(H,82,84)(H,83,86)/b35-33-/t68-,69-,70-,72-,73-,74-,75-,76-,77-,78+,80-/m1/s1. The number of aliphatic hydroxyl groups is 1. The van der Waals surface area contributed by atoms with Crippen molar-refractivity contribution in [3.05, 3.63) is 62.8 Å². The second kappa shape index (κ2) is 65.0. The maximum Gasteiger partial charge on any atom is 0.508 e. The second-order valence-corrected chi connectivity index (χ2v) is 29.3. The van der Waals surface area contributed by atoms with Crippen LogP contribution in [0.15, 0.2) is 62.8 Å². The van der Waals surface area contributed by atoms with Crippen LogP contribution in [0.4, 0.5) is 4.79 Å². The summed E-state index contributed by atoms with van der Waals surface area (Å²) in [6.07, 6.45) is 40.1. The van der Waals surface area contributed by atoms with Gasteiger partial charge in [0.25, 0.3) is 0 Å². The first-order chi connectivity index (χ1) is 50.3. The molecule has 0 unspecified atom stereocenters. The Morgan fingerprint density at radius 3 is 1.52 bits per heavy atom. The highest BCUT2D eigenvalue weighted by Crippen LogP contribution is 2.52. The number of ether oxygens (including phenoxy) is 9. The van der Waals surface area contributed by atoms with E-state index in [-0.39, 0.29) is 57.9 Å². The molecule has 0 aliphatic carbocycles. The van der Waals surface area contributed by atoms with E-state index in [2.05, 4.69) is 76.8 Å². The Balaban J connectivity index is 2.65. The molecule has 0 aromatic carbocycles. The number of Topliss-reactive ketones (excluding diaryl/α,β-unsaturated/α-hetero) is 1. The minimum atomic E-state index is -4.63. The maximum absolute atomic E-state index is 14.8. The highest BCUT2D eigenvalue weighted by molar-refractivity contribution is 7.48. The first-order valence-corrected chi connectivity index (χ1v) is 41.8. The third kappa shape index (κ3) is 46.0. The molecule has 2 saturated heterocycles. The minimum absolute atomic E-state index is 0.0103. The zero-order valence-electron chi connectivity index (χ0n) is 64.5. The molecule has 0 aromatic heterocycles. The van der Waals surface area contributed by atoms with E-state index in [0.717, 1.165) is 116 Å². The molecule has 0 radical (unpaired) electrons. The number of allylic oxidation sites excluding steroid dienone is 2. The number of unbranched alkanes of at least 4 members (excludes halogenated alkanes) is 33. The Bertz CT molecular complexity index is 2240. The molecule has 0 aromatic rings. The van der Waals surface area contributed by atoms with Crippen molar-refractivity contribution in [1.29, 1.82) is 0 Å². The molecule has 2 fully saturated rings. The molecule has 3 N–H and O–H groups in total. The van der Waals surface area contributed by atoms with Crippen LogP contribution in [0.1, 0.15) is 297 Å². The number of phosphoric acid groups is 1. The molecule has 0 spiro atoms. The average molecular weight is 1480 g/mol. The fourth-order valence-electron chi connectivity index (χ4n) is 12.8. The summed E-state index contributed by atoms with van der Waals surface area (Å²) in [6.45, 7) is 22.1. The summed E-state index contributed by atoms with van der Waals surface area (Å²) < 4.78 is 88.6. The van der Waals surface area contributed by atoms with Gasteiger partial charge < -0.3 is 58.4 Å². The summed E-state index contributed by atoms with van der Waals surface area (Å²) in [5, 5.41) is 18.2. The first kappa shape index (κ1) is 95.0. The van der Waals surface area contributed by atoms with Gasteiger partial charge in [0.2, 0.25) is 12.3 Å². The van der Waals surface area contributed by atoms with Gasteiger partial charge in [0, 0.05) is 26.2 Å². The van der Waals surface area contributed by atoms with Crippen molar-refractivity contribution in [2.45, 2.75) is 365 Å². The Hall–Kier alpha value is -4.12. The number of rotatable bonds is 72. The van der Waals surface area contributed by atoms with E-state index < -0.39 is 107 Å². The van der Waals surface area contributed by atoms with Gasteiger partial charge in [-0.15, -0.1) is 13.2 Å². The summed E-state index contributed by atoms with van der Waals surface area (Å²) in [6, 6.07) is -2.67. The zero-order valence-corrected chi connectivity index (χ0v) is 65.4. The Labute approximate surface area is 622 Å². The molecule has 2 aliphatic rings. The van der Waals surface area contributed by atoms with Crippen molar-refractivity contribution in [3.63, 3.8) is 0 Å². The average Bonchev–Trinajstić information content (AvgIpc) is 0.790. The fourth-order valence-corrected chi connectivity index (χ4v) is 14.2. The Morgan fingerprint density at radius 1 is 0.495 bits per heavy atom. The van der Waals surface area contributed by atoms with Crippen LogP contribution < -0.4 is 10.6 Å². The molecule has 2 heterocycles. The number of esters is 1. The van der Waals surface area contributed by atoms with Crippen LogP contribution in [0.25, 0.3) is 0 Å². The third-order valence-corrected chi connectivity index (χ3v) is 20.1. The summed E-state index contributed by atoms with van der Waals surface area (Å²) in [5.41, 5.74) is 0. The second-order valence-electron chi connectivity index (χ2n) is 27.7. The number of aliphatic hydroxyl groups excluding tert-OH is 1. The number of nitrogens with one attached hydrogen (secondary N) is 2. The van der Waals surface area contributed by atoms with Gasteiger partial charge in [0.1, 0.15) is 68.3 Å². The van der Waals surface area contributed by atoms with E-state index in [1.54, 1.807) is 0 Å². The molecule has 0 bridgehead atoms. The van der Waals surface area contributed by atoms with E-state index in [9.17, 15) is 33.6 Å².